The molecule has 236 valence electrons. The second-order valence-electron chi connectivity index (χ2n) is 13.5. The topological polar surface area (TPSA) is 76.0 Å². The highest BCUT2D eigenvalue weighted by molar-refractivity contribution is 7.47. The number of phosphoric acid groups is 1. The Balaban J connectivity index is 1.26. The van der Waals surface area contributed by atoms with Gasteiger partial charge in [-0.05, 0) is 60.8 Å². The van der Waals surface area contributed by atoms with Crippen LogP contribution >= 0.6 is 7.82 Å². The first-order chi connectivity index (χ1) is 20.5. The number of allylic oxidation sites excluding steroid dienone is 3. The number of nitrogens with zero attached hydrogens (tertiary/aromatic N) is 1. The second-order valence-corrected chi connectivity index (χ2v) is 14.9. The zero-order chi connectivity index (χ0) is 30.9. The van der Waals surface area contributed by atoms with Gasteiger partial charge in [-0.3, -0.25) is 9.05 Å². The summed E-state index contributed by atoms with van der Waals surface area (Å²) in [4.78, 5) is 9.85. The van der Waals surface area contributed by atoms with Crippen LogP contribution in [0.2, 0.25) is 0 Å². The van der Waals surface area contributed by atoms with Gasteiger partial charge in [0.15, 0.2) is 0 Å². The number of aliphatic hydroxyl groups excluding tert-OH is 1. The fourth-order valence-corrected chi connectivity index (χ4v) is 7.83. The SMILES string of the molecule is C=C(c1ccccc1)[C@@]12CC[C@@H](O)[C@@H]1CC(CCCCCCCCCOP(=O)(O)OCC[N+](C)(C)C)=C2c1ccccc1. The third kappa shape index (κ3) is 9.00. The van der Waals surface area contributed by atoms with E-state index in [-0.39, 0.29) is 30.7 Å². The molecule has 1 unspecified atom stereocenters. The van der Waals surface area contributed by atoms with Gasteiger partial charge >= 0.3 is 7.82 Å². The van der Waals surface area contributed by atoms with Gasteiger partial charge in [-0.15, -0.1) is 0 Å². The van der Waals surface area contributed by atoms with Crippen LogP contribution in [-0.4, -0.2) is 61.5 Å². The Labute approximate surface area is 259 Å². The second kappa shape index (κ2) is 15.3. The first-order valence-electron chi connectivity index (χ1n) is 16.2. The van der Waals surface area contributed by atoms with Crippen molar-refractivity contribution in [2.75, 3.05) is 40.9 Å². The molecule has 0 amide bonds. The molecule has 0 spiro atoms. The van der Waals surface area contributed by atoms with Gasteiger partial charge in [0.25, 0.3) is 0 Å². The molecule has 6 nitrogen and oxygen atoms in total. The largest absolute Gasteiger partial charge is 0.472 e. The number of rotatable bonds is 18. The van der Waals surface area contributed by atoms with Crippen LogP contribution in [0, 0.1) is 11.3 Å². The Kier molecular flexibility index (Phi) is 12.0. The first kappa shape index (κ1) is 33.8. The Morgan fingerprint density at radius 2 is 1.49 bits per heavy atom. The van der Waals surface area contributed by atoms with Crippen molar-refractivity contribution in [3.05, 3.63) is 83.9 Å². The molecule has 2 aliphatic rings. The number of unbranched alkanes of at least 4 members (excludes halogenated alkanes) is 6. The number of quaternary nitrogens is 1. The molecule has 43 heavy (non-hydrogen) atoms. The lowest BCUT2D eigenvalue weighted by molar-refractivity contribution is -0.870. The van der Waals surface area contributed by atoms with E-state index in [1.807, 2.05) is 21.1 Å². The summed E-state index contributed by atoms with van der Waals surface area (Å²) in [6.07, 6.45) is 10.9. The lowest BCUT2D eigenvalue weighted by Gasteiger charge is -2.37. The van der Waals surface area contributed by atoms with Crippen molar-refractivity contribution in [1.29, 1.82) is 0 Å². The fourth-order valence-electron chi connectivity index (χ4n) is 7.08. The minimum atomic E-state index is -3.96. The highest BCUT2D eigenvalue weighted by Crippen LogP contribution is 2.66. The van der Waals surface area contributed by atoms with Crippen molar-refractivity contribution >= 4 is 19.0 Å². The molecule has 1 saturated carbocycles. The average molecular weight is 611 g/mol. The maximum atomic E-state index is 12.0. The molecule has 2 aromatic carbocycles. The first-order valence-corrected chi connectivity index (χ1v) is 17.7. The molecule has 0 radical (unpaired) electrons. The Bertz CT molecular complexity index is 1260. The molecule has 4 rings (SSSR count). The number of hydrogen-bond acceptors (Lipinski definition) is 4. The van der Waals surface area contributed by atoms with Crippen molar-refractivity contribution < 1.29 is 28.1 Å². The monoisotopic (exact) mass is 610 g/mol. The van der Waals surface area contributed by atoms with E-state index < -0.39 is 7.82 Å². The van der Waals surface area contributed by atoms with Gasteiger partial charge in [0, 0.05) is 11.3 Å². The number of hydrogen-bond donors (Lipinski definition) is 2. The zero-order valence-corrected chi connectivity index (χ0v) is 27.4. The number of likely N-dealkylation sites (N-methyl/N-ethyl adjacent to an activating group) is 1. The van der Waals surface area contributed by atoms with Crippen LogP contribution in [0.5, 0.6) is 0 Å². The van der Waals surface area contributed by atoms with E-state index in [0.717, 1.165) is 63.4 Å². The maximum absolute atomic E-state index is 12.0. The molecular formula is C36H53NO5P+. The van der Waals surface area contributed by atoms with Crippen molar-refractivity contribution in [2.24, 2.45) is 11.3 Å². The Morgan fingerprint density at radius 1 is 0.907 bits per heavy atom. The lowest BCUT2D eigenvalue weighted by Crippen LogP contribution is -2.37. The van der Waals surface area contributed by atoms with Crippen LogP contribution in [0.1, 0.15) is 81.8 Å². The molecule has 2 aliphatic carbocycles. The predicted molar refractivity (Wildman–Crippen MR) is 176 cm³/mol. The standard InChI is InChI=1S/C36H52NO5P/c1-29(30-18-13-10-14-19-30)36-24-23-34(38)33(36)28-32(35(36)31-20-15-11-16-21-31)22-12-8-6-5-7-9-17-26-41-43(39,40)42-27-25-37(2,3)4/h10-11,13-16,18-21,33-34,38H,1,5-9,12,17,22-28H2,2-4H3/p+1/t33-,34+,36-/m0/s1. The van der Waals surface area contributed by atoms with Crippen LogP contribution in [0.3, 0.4) is 0 Å². The molecule has 2 aromatic rings. The van der Waals surface area contributed by atoms with E-state index >= 15 is 0 Å². The molecule has 0 aliphatic heterocycles. The van der Waals surface area contributed by atoms with E-state index in [0.29, 0.717) is 11.0 Å². The van der Waals surface area contributed by atoms with Gasteiger partial charge in [-0.25, -0.2) is 4.57 Å². The molecule has 0 heterocycles. The van der Waals surface area contributed by atoms with Crippen LogP contribution in [0.25, 0.3) is 11.1 Å². The van der Waals surface area contributed by atoms with E-state index in [9.17, 15) is 14.6 Å². The fraction of sp³-hybridized carbons (Fsp3) is 0.556. The molecule has 0 saturated heterocycles. The number of fused-ring (bicyclic) bond motifs is 1. The Morgan fingerprint density at radius 3 is 2.14 bits per heavy atom. The number of benzene rings is 2. The zero-order valence-electron chi connectivity index (χ0n) is 26.5. The predicted octanol–water partition coefficient (Wildman–Crippen LogP) is 8.28. The van der Waals surface area contributed by atoms with Crippen LogP contribution in [-0.2, 0) is 13.6 Å². The third-order valence-corrected chi connectivity index (χ3v) is 10.3. The molecule has 4 atom stereocenters. The summed E-state index contributed by atoms with van der Waals surface area (Å²) in [5.74, 6) is 0.185. The quantitative estimate of drug-likeness (QED) is 0.101. The summed E-state index contributed by atoms with van der Waals surface area (Å²) in [7, 11) is 2.07. The van der Waals surface area contributed by atoms with Gasteiger partial charge in [0.05, 0.1) is 33.9 Å². The smallest absolute Gasteiger partial charge is 0.393 e. The maximum Gasteiger partial charge on any atom is 0.472 e. The van der Waals surface area contributed by atoms with E-state index in [2.05, 4.69) is 67.2 Å². The van der Waals surface area contributed by atoms with E-state index in [1.54, 1.807) is 0 Å². The summed E-state index contributed by atoms with van der Waals surface area (Å²) in [5.41, 5.74) is 6.32. The van der Waals surface area contributed by atoms with Crippen molar-refractivity contribution in [3.8, 4) is 0 Å². The van der Waals surface area contributed by atoms with Crippen LogP contribution in [0.4, 0.5) is 0 Å². The van der Waals surface area contributed by atoms with Crippen molar-refractivity contribution in [1.82, 2.24) is 0 Å². The molecule has 0 bridgehead atoms. The molecular weight excluding hydrogens is 557 g/mol. The third-order valence-electron chi connectivity index (χ3n) is 9.31. The summed E-state index contributed by atoms with van der Waals surface area (Å²) in [5, 5.41) is 11.2. The van der Waals surface area contributed by atoms with Gasteiger partial charge in [0.1, 0.15) is 13.2 Å². The van der Waals surface area contributed by atoms with Crippen LogP contribution in [0.15, 0.2) is 72.8 Å². The summed E-state index contributed by atoms with van der Waals surface area (Å²) < 4.78 is 22.9. The van der Waals surface area contributed by atoms with Gasteiger partial charge in [-0.1, -0.05) is 105 Å². The summed E-state index contributed by atoms with van der Waals surface area (Å²) in [6, 6.07) is 21.3. The minimum absolute atomic E-state index is 0.185. The van der Waals surface area contributed by atoms with Gasteiger partial charge in [0.2, 0.25) is 0 Å². The van der Waals surface area contributed by atoms with Gasteiger partial charge < -0.3 is 14.5 Å². The summed E-state index contributed by atoms with van der Waals surface area (Å²) >= 11 is 0. The molecule has 2 N–H and O–H groups in total. The average Bonchev–Trinajstić information content (AvgIpc) is 3.48. The highest BCUT2D eigenvalue weighted by atomic mass is 31.2. The molecule has 1 fully saturated rings. The normalized spacial score (nSPS) is 23.4. The van der Waals surface area contributed by atoms with Gasteiger partial charge in [-0.2, -0.15) is 0 Å². The number of phosphoric ester groups is 1. The van der Waals surface area contributed by atoms with Crippen molar-refractivity contribution in [3.63, 3.8) is 0 Å². The Hall–Kier alpha value is -2.05. The van der Waals surface area contributed by atoms with E-state index in [4.69, 9.17) is 9.05 Å². The van der Waals surface area contributed by atoms with Crippen LogP contribution < -0.4 is 0 Å². The highest BCUT2D eigenvalue weighted by Gasteiger charge is 2.56. The minimum Gasteiger partial charge on any atom is -0.393 e. The number of aliphatic hydroxyl groups is 1. The van der Waals surface area contributed by atoms with E-state index in [1.165, 1.54) is 35.1 Å². The summed E-state index contributed by atoms with van der Waals surface area (Å²) in [6.45, 7) is 5.77. The molecule has 7 heteroatoms. The van der Waals surface area contributed by atoms with Crippen molar-refractivity contribution in [2.45, 2.75) is 76.7 Å². The molecule has 0 aromatic heterocycles. The lowest BCUT2D eigenvalue weighted by atomic mass is 9.66.